The van der Waals surface area contributed by atoms with E-state index in [0.29, 0.717) is 5.56 Å². The lowest BCUT2D eigenvalue weighted by atomic mass is 9.99. The Morgan fingerprint density at radius 2 is 1.91 bits per heavy atom. The van der Waals surface area contributed by atoms with Gasteiger partial charge in [-0.2, -0.15) is 0 Å². The quantitative estimate of drug-likeness (QED) is 0.874. The summed E-state index contributed by atoms with van der Waals surface area (Å²) in [4.78, 5) is 26.3. The summed E-state index contributed by atoms with van der Waals surface area (Å²) < 4.78 is 0. The number of carbonyl (C=O) groups excluding carboxylic acids is 1. The number of nitrogens with zero attached hydrogens (tertiary/aromatic N) is 1. The second-order valence-electron chi connectivity index (χ2n) is 6.41. The second kappa shape index (κ2) is 6.48. The molecule has 2 rings (SSSR count). The zero-order chi connectivity index (χ0) is 16.3. The highest BCUT2D eigenvalue weighted by Gasteiger charge is 2.38. The van der Waals surface area contributed by atoms with Gasteiger partial charge in [-0.15, -0.1) is 0 Å². The third kappa shape index (κ3) is 3.47. The van der Waals surface area contributed by atoms with Crippen molar-refractivity contribution in [2.75, 3.05) is 13.1 Å². The highest BCUT2D eigenvalue weighted by Crippen LogP contribution is 2.23. The number of amides is 1. The lowest BCUT2D eigenvalue weighted by molar-refractivity contribution is -0.144. The van der Waals surface area contributed by atoms with Crippen molar-refractivity contribution in [3.63, 3.8) is 0 Å². The Bertz CT molecular complexity index is 563. The first-order valence-corrected chi connectivity index (χ1v) is 7.68. The SMILES string of the molecule is Cc1cccc([C@@H](NC(=O)C(C)(C)N2CCCC2)C(=O)O)c1. The van der Waals surface area contributed by atoms with E-state index in [2.05, 4.69) is 10.2 Å². The Morgan fingerprint density at radius 1 is 1.27 bits per heavy atom. The van der Waals surface area contributed by atoms with Gasteiger partial charge in [-0.3, -0.25) is 9.69 Å². The highest BCUT2D eigenvalue weighted by molar-refractivity contribution is 5.90. The van der Waals surface area contributed by atoms with Crippen LogP contribution in [0, 0.1) is 6.92 Å². The van der Waals surface area contributed by atoms with Gasteiger partial charge in [0, 0.05) is 0 Å². The van der Waals surface area contributed by atoms with Gasteiger partial charge in [-0.1, -0.05) is 29.8 Å². The number of benzene rings is 1. The molecule has 1 fully saturated rings. The number of carbonyl (C=O) groups is 2. The highest BCUT2D eigenvalue weighted by atomic mass is 16.4. The molecule has 0 aliphatic carbocycles. The molecular weight excluding hydrogens is 280 g/mol. The van der Waals surface area contributed by atoms with Crippen molar-refractivity contribution in [3.8, 4) is 0 Å². The van der Waals surface area contributed by atoms with E-state index in [-0.39, 0.29) is 5.91 Å². The van der Waals surface area contributed by atoms with E-state index >= 15 is 0 Å². The predicted molar refractivity (Wildman–Crippen MR) is 84.6 cm³/mol. The topological polar surface area (TPSA) is 69.6 Å². The van der Waals surface area contributed by atoms with Crippen molar-refractivity contribution < 1.29 is 14.7 Å². The number of aryl methyl sites for hydroxylation is 1. The summed E-state index contributed by atoms with van der Waals surface area (Å²) in [5.74, 6) is -1.29. The van der Waals surface area contributed by atoms with Gasteiger partial charge in [0.05, 0.1) is 5.54 Å². The van der Waals surface area contributed by atoms with Crippen molar-refractivity contribution in [2.45, 2.75) is 45.2 Å². The van der Waals surface area contributed by atoms with E-state index in [1.165, 1.54) is 0 Å². The van der Waals surface area contributed by atoms with Gasteiger partial charge in [0.2, 0.25) is 5.91 Å². The molecule has 0 saturated carbocycles. The molecule has 1 atom stereocenters. The van der Waals surface area contributed by atoms with E-state index in [1.807, 2.05) is 26.8 Å². The normalized spacial score (nSPS) is 17.2. The molecule has 1 heterocycles. The monoisotopic (exact) mass is 304 g/mol. The van der Waals surface area contributed by atoms with Crippen LogP contribution in [0.4, 0.5) is 0 Å². The van der Waals surface area contributed by atoms with Gasteiger partial charge < -0.3 is 10.4 Å². The maximum Gasteiger partial charge on any atom is 0.330 e. The zero-order valence-electron chi connectivity index (χ0n) is 13.4. The number of rotatable bonds is 5. The van der Waals surface area contributed by atoms with Crippen LogP contribution in [0.1, 0.15) is 43.9 Å². The largest absolute Gasteiger partial charge is 0.479 e. The van der Waals surface area contributed by atoms with Gasteiger partial charge in [0.15, 0.2) is 6.04 Å². The van der Waals surface area contributed by atoms with Crippen LogP contribution in [0.25, 0.3) is 0 Å². The molecule has 120 valence electrons. The van der Waals surface area contributed by atoms with E-state index < -0.39 is 17.6 Å². The number of hydrogen-bond acceptors (Lipinski definition) is 3. The third-order valence-electron chi connectivity index (χ3n) is 4.35. The van der Waals surface area contributed by atoms with Crippen molar-refractivity contribution in [1.82, 2.24) is 10.2 Å². The van der Waals surface area contributed by atoms with Crippen LogP contribution in [-0.4, -0.2) is 40.5 Å². The van der Waals surface area contributed by atoms with Crippen LogP contribution < -0.4 is 5.32 Å². The van der Waals surface area contributed by atoms with Gasteiger partial charge in [0.25, 0.3) is 0 Å². The van der Waals surface area contributed by atoms with E-state index in [4.69, 9.17) is 0 Å². The molecule has 22 heavy (non-hydrogen) atoms. The first-order chi connectivity index (χ1) is 10.3. The van der Waals surface area contributed by atoms with Crippen molar-refractivity contribution in [3.05, 3.63) is 35.4 Å². The summed E-state index contributed by atoms with van der Waals surface area (Å²) in [5, 5.41) is 12.2. The maximum atomic E-state index is 12.6. The summed E-state index contributed by atoms with van der Waals surface area (Å²) in [5.41, 5.74) is 0.864. The molecule has 0 aromatic heterocycles. The molecule has 0 spiro atoms. The van der Waals surface area contributed by atoms with Crippen molar-refractivity contribution in [2.24, 2.45) is 0 Å². The minimum atomic E-state index is -1.05. The van der Waals surface area contributed by atoms with Gasteiger partial charge in [0.1, 0.15) is 0 Å². The average Bonchev–Trinajstić information content (AvgIpc) is 2.98. The van der Waals surface area contributed by atoms with Gasteiger partial charge in [-0.05, 0) is 52.3 Å². The number of aliphatic carboxylic acids is 1. The van der Waals surface area contributed by atoms with Crippen LogP contribution in [-0.2, 0) is 9.59 Å². The first-order valence-electron chi connectivity index (χ1n) is 7.68. The van der Waals surface area contributed by atoms with Crippen LogP contribution in [0.2, 0.25) is 0 Å². The Balaban J connectivity index is 2.17. The maximum absolute atomic E-state index is 12.6. The van der Waals surface area contributed by atoms with Gasteiger partial charge >= 0.3 is 5.97 Å². The summed E-state index contributed by atoms with van der Waals surface area (Å²) in [6.45, 7) is 7.36. The molecular formula is C17H24N2O3. The number of hydrogen-bond donors (Lipinski definition) is 2. The zero-order valence-corrected chi connectivity index (χ0v) is 13.4. The molecule has 0 unspecified atom stereocenters. The minimum Gasteiger partial charge on any atom is -0.479 e. The standard InChI is InChI=1S/C17H24N2O3/c1-12-7-6-8-13(11-12)14(15(20)21)18-16(22)17(2,3)19-9-4-5-10-19/h6-8,11,14H,4-5,9-10H2,1-3H3,(H,18,22)(H,20,21)/t14-/m1/s1. The summed E-state index contributed by atoms with van der Waals surface area (Å²) in [6, 6.07) is 6.21. The Morgan fingerprint density at radius 3 is 2.45 bits per heavy atom. The smallest absolute Gasteiger partial charge is 0.330 e. The van der Waals surface area contributed by atoms with E-state index in [1.54, 1.807) is 18.2 Å². The summed E-state index contributed by atoms with van der Waals surface area (Å²) in [6.07, 6.45) is 2.16. The fourth-order valence-electron chi connectivity index (χ4n) is 2.86. The molecule has 0 radical (unpaired) electrons. The molecule has 5 heteroatoms. The molecule has 5 nitrogen and oxygen atoms in total. The minimum absolute atomic E-state index is 0.247. The number of nitrogens with one attached hydrogen (secondary N) is 1. The second-order valence-corrected chi connectivity index (χ2v) is 6.41. The van der Waals surface area contributed by atoms with Crippen LogP contribution >= 0.6 is 0 Å². The third-order valence-corrected chi connectivity index (χ3v) is 4.35. The molecule has 1 aromatic rings. The van der Waals surface area contributed by atoms with Crippen molar-refractivity contribution >= 4 is 11.9 Å². The number of carboxylic acid groups (broad SMARTS) is 1. The Labute approximate surface area is 131 Å². The fourth-order valence-corrected chi connectivity index (χ4v) is 2.86. The van der Waals surface area contributed by atoms with E-state index in [0.717, 1.165) is 31.5 Å². The van der Waals surface area contributed by atoms with Crippen LogP contribution in [0.3, 0.4) is 0 Å². The fraction of sp³-hybridized carbons (Fsp3) is 0.529. The number of carboxylic acids is 1. The first kappa shape index (κ1) is 16.5. The molecule has 1 aromatic carbocycles. The van der Waals surface area contributed by atoms with Crippen molar-refractivity contribution in [1.29, 1.82) is 0 Å². The molecule has 1 aliphatic heterocycles. The Kier molecular flexibility index (Phi) is 4.86. The lowest BCUT2D eigenvalue weighted by Gasteiger charge is -2.34. The molecule has 1 amide bonds. The Hall–Kier alpha value is -1.88. The summed E-state index contributed by atoms with van der Waals surface area (Å²) in [7, 11) is 0. The molecule has 2 N–H and O–H groups in total. The molecule has 1 saturated heterocycles. The molecule has 1 aliphatic rings. The average molecular weight is 304 g/mol. The number of likely N-dealkylation sites (tertiary alicyclic amines) is 1. The molecule has 0 bridgehead atoms. The van der Waals surface area contributed by atoms with E-state index in [9.17, 15) is 14.7 Å². The summed E-state index contributed by atoms with van der Waals surface area (Å²) >= 11 is 0. The van der Waals surface area contributed by atoms with Crippen LogP contribution in [0.5, 0.6) is 0 Å². The predicted octanol–water partition coefficient (Wildman–Crippen LogP) is 2.11. The lowest BCUT2D eigenvalue weighted by Crippen LogP contribution is -2.55. The van der Waals surface area contributed by atoms with Gasteiger partial charge in [-0.25, -0.2) is 4.79 Å². The van der Waals surface area contributed by atoms with Crippen LogP contribution in [0.15, 0.2) is 24.3 Å².